The Morgan fingerprint density at radius 3 is 2.52 bits per heavy atom. The SMILES string of the molecule is OC1=CC=CC(CCCOc2c(Cl)cc(O)cc2Cl)C1=S. The lowest BCUT2D eigenvalue weighted by molar-refractivity contribution is 0.303. The highest BCUT2D eigenvalue weighted by atomic mass is 35.5. The van der Waals surface area contributed by atoms with E-state index in [2.05, 4.69) is 0 Å². The standard InChI is InChI=1S/C15H14Cl2O3S/c16-11-7-10(18)8-12(17)14(11)20-6-2-4-9-3-1-5-13(19)15(9)21/h1,3,5,7-9,18-19H,2,4,6H2. The van der Waals surface area contributed by atoms with Gasteiger partial charge in [0.15, 0.2) is 5.75 Å². The molecule has 0 radical (unpaired) electrons. The van der Waals surface area contributed by atoms with Crippen molar-refractivity contribution >= 4 is 40.3 Å². The van der Waals surface area contributed by atoms with Crippen molar-refractivity contribution in [1.82, 2.24) is 0 Å². The van der Waals surface area contributed by atoms with E-state index in [-0.39, 0.29) is 27.5 Å². The van der Waals surface area contributed by atoms with E-state index in [1.165, 1.54) is 12.1 Å². The van der Waals surface area contributed by atoms with E-state index >= 15 is 0 Å². The van der Waals surface area contributed by atoms with Crippen LogP contribution in [-0.2, 0) is 0 Å². The zero-order chi connectivity index (χ0) is 15.4. The van der Waals surface area contributed by atoms with E-state index in [1.54, 1.807) is 12.2 Å². The van der Waals surface area contributed by atoms with E-state index in [9.17, 15) is 10.2 Å². The molecule has 2 N–H and O–H groups in total. The van der Waals surface area contributed by atoms with Crippen LogP contribution in [-0.4, -0.2) is 21.7 Å². The van der Waals surface area contributed by atoms with Crippen molar-refractivity contribution in [3.05, 3.63) is 46.2 Å². The third kappa shape index (κ3) is 4.13. The molecule has 6 heteroatoms. The Kier molecular flexibility index (Phi) is 5.51. The monoisotopic (exact) mass is 344 g/mol. The molecule has 0 amide bonds. The molecule has 21 heavy (non-hydrogen) atoms. The van der Waals surface area contributed by atoms with Gasteiger partial charge in [-0.2, -0.15) is 0 Å². The van der Waals surface area contributed by atoms with E-state index in [0.717, 1.165) is 12.8 Å². The molecule has 1 atom stereocenters. The fourth-order valence-electron chi connectivity index (χ4n) is 2.03. The fraction of sp³-hybridized carbons (Fsp3) is 0.267. The minimum Gasteiger partial charge on any atom is -0.508 e. The van der Waals surface area contributed by atoms with Crippen molar-refractivity contribution in [2.45, 2.75) is 12.8 Å². The third-order valence-electron chi connectivity index (χ3n) is 3.08. The van der Waals surface area contributed by atoms with Crippen LogP contribution in [0.5, 0.6) is 11.5 Å². The van der Waals surface area contributed by atoms with Crippen molar-refractivity contribution in [2.75, 3.05) is 6.61 Å². The smallest absolute Gasteiger partial charge is 0.156 e. The van der Waals surface area contributed by atoms with Gasteiger partial charge < -0.3 is 14.9 Å². The zero-order valence-corrected chi connectivity index (χ0v) is 13.4. The highest BCUT2D eigenvalue weighted by Gasteiger charge is 2.17. The van der Waals surface area contributed by atoms with Crippen LogP contribution in [0.15, 0.2) is 36.1 Å². The first-order chi connectivity index (χ1) is 9.99. The minimum absolute atomic E-state index is 0.00250. The van der Waals surface area contributed by atoms with Gasteiger partial charge in [0.25, 0.3) is 0 Å². The summed E-state index contributed by atoms with van der Waals surface area (Å²) in [6, 6.07) is 2.76. The molecule has 0 saturated heterocycles. The number of aromatic hydroxyl groups is 1. The molecule has 0 saturated carbocycles. The van der Waals surface area contributed by atoms with Crippen LogP contribution in [0.2, 0.25) is 10.0 Å². The Balaban J connectivity index is 1.85. The van der Waals surface area contributed by atoms with Gasteiger partial charge in [0.1, 0.15) is 11.5 Å². The first-order valence-electron chi connectivity index (χ1n) is 6.41. The molecular weight excluding hydrogens is 331 g/mol. The predicted octanol–water partition coefficient (Wildman–Crippen LogP) is 4.86. The van der Waals surface area contributed by atoms with Crippen LogP contribution in [0.1, 0.15) is 12.8 Å². The topological polar surface area (TPSA) is 49.7 Å². The Morgan fingerprint density at radius 1 is 1.19 bits per heavy atom. The Hall–Kier alpha value is -1.23. The highest BCUT2D eigenvalue weighted by Crippen LogP contribution is 2.36. The highest BCUT2D eigenvalue weighted by molar-refractivity contribution is 7.80. The van der Waals surface area contributed by atoms with Gasteiger partial charge in [-0.15, -0.1) is 0 Å². The molecule has 0 aromatic heterocycles. The normalized spacial score (nSPS) is 17.7. The fourth-order valence-corrected chi connectivity index (χ4v) is 2.88. The number of hydrogen-bond donors (Lipinski definition) is 2. The van der Waals surface area contributed by atoms with E-state index in [4.69, 9.17) is 40.2 Å². The second-order valence-electron chi connectivity index (χ2n) is 4.64. The Bertz CT molecular complexity index is 588. The van der Waals surface area contributed by atoms with Gasteiger partial charge in [0, 0.05) is 18.1 Å². The van der Waals surface area contributed by atoms with Crippen molar-refractivity contribution in [3.8, 4) is 11.5 Å². The molecule has 1 aromatic rings. The molecular formula is C15H14Cl2O3S. The number of hydrogen-bond acceptors (Lipinski definition) is 4. The predicted molar refractivity (Wildman–Crippen MR) is 88.8 cm³/mol. The maximum absolute atomic E-state index is 9.56. The third-order valence-corrected chi connectivity index (χ3v) is 4.15. The number of phenols is 1. The zero-order valence-electron chi connectivity index (χ0n) is 11.1. The summed E-state index contributed by atoms with van der Waals surface area (Å²) in [5.41, 5.74) is 0. The van der Waals surface area contributed by atoms with Crippen LogP contribution < -0.4 is 4.74 Å². The van der Waals surface area contributed by atoms with Gasteiger partial charge in [-0.05, 0) is 18.9 Å². The maximum Gasteiger partial charge on any atom is 0.156 e. The minimum atomic E-state index is -0.00250. The number of rotatable bonds is 5. The summed E-state index contributed by atoms with van der Waals surface area (Å²) >= 11 is 17.1. The summed E-state index contributed by atoms with van der Waals surface area (Å²) in [5.74, 6) is 0.556. The van der Waals surface area contributed by atoms with Gasteiger partial charge in [0.05, 0.1) is 21.5 Å². The lowest BCUT2D eigenvalue weighted by Gasteiger charge is -2.17. The van der Waals surface area contributed by atoms with Gasteiger partial charge >= 0.3 is 0 Å². The Labute approximate surface area is 138 Å². The van der Waals surface area contributed by atoms with Gasteiger partial charge in [-0.3, -0.25) is 0 Å². The summed E-state index contributed by atoms with van der Waals surface area (Å²) < 4.78 is 5.56. The van der Waals surface area contributed by atoms with Crippen LogP contribution in [0, 0.1) is 5.92 Å². The molecule has 1 aromatic carbocycles. The first-order valence-corrected chi connectivity index (χ1v) is 7.58. The summed E-state index contributed by atoms with van der Waals surface area (Å²) in [5, 5.41) is 19.4. The first kappa shape index (κ1) is 16.1. The largest absolute Gasteiger partial charge is 0.508 e. The molecule has 0 spiro atoms. The quantitative estimate of drug-likeness (QED) is 0.591. The van der Waals surface area contributed by atoms with E-state index in [1.807, 2.05) is 6.08 Å². The summed E-state index contributed by atoms with van der Waals surface area (Å²) in [6.07, 6.45) is 6.84. The summed E-state index contributed by atoms with van der Waals surface area (Å²) in [4.78, 5) is 0.554. The number of aliphatic hydroxyl groups excluding tert-OH is 1. The van der Waals surface area contributed by atoms with E-state index < -0.39 is 0 Å². The summed E-state index contributed by atoms with van der Waals surface area (Å²) in [7, 11) is 0. The molecule has 1 unspecified atom stereocenters. The van der Waals surface area contributed by atoms with Crippen molar-refractivity contribution in [2.24, 2.45) is 5.92 Å². The van der Waals surface area contributed by atoms with Crippen LogP contribution >= 0.6 is 35.4 Å². The number of phenolic OH excluding ortho intramolecular Hbond substituents is 1. The number of halogens is 2. The number of thiocarbonyl (C=S) groups is 1. The molecule has 3 nitrogen and oxygen atoms in total. The number of ether oxygens (including phenoxy) is 1. The molecule has 0 bridgehead atoms. The molecule has 0 fully saturated rings. The van der Waals surface area contributed by atoms with Gasteiger partial charge in [-0.25, -0.2) is 0 Å². The second-order valence-corrected chi connectivity index (χ2v) is 5.89. The molecule has 0 aliphatic heterocycles. The van der Waals surface area contributed by atoms with Crippen molar-refractivity contribution in [3.63, 3.8) is 0 Å². The lowest BCUT2D eigenvalue weighted by atomic mass is 9.94. The van der Waals surface area contributed by atoms with Crippen molar-refractivity contribution < 1.29 is 14.9 Å². The molecule has 2 rings (SSSR count). The van der Waals surface area contributed by atoms with Gasteiger partial charge in [0.2, 0.25) is 0 Å². The van der Waals surface area contributed by atoms with Crippen LogP contribution in [0.4, 0.5) is 0 Å². The van der Waals surface area contributed by atoms with Crippen LogP contribution in [0.3, 0.4) is 0 Å². The summed E-state index contributed by atoms with van der Waals surface area (Å²) in [6.45, 7) is 0.418. The molecule has 0 heterocycles. The average Bonchev–Trinajstić information content (AvgIpc) is 2.41. The number of aliphatic hydroxyl groups is 1. The second kappa shape index (κ2) is 7.16. The molecule has 112 valence electrons. The van der Waals surface area contributed by atoms with Crippen molar-refractivity contribution in [1.29, 1.82) is 0 Å². The Morgan fingerprint density at radius 2 is 1.86 bits per heavy atom. The number of benzene rings is 1. The van der Waals surface area contributed by atoms with Gasteiger partial charge in [-0.1, -0.05) is 47.6 Å². The maximum atomic E-state index is 9.56. The molecule has 1 aliphatic rings. The number of allylic oxidation sites excluding steroid dienone is 4. The van der Waals surface area contributed by atoms with E-state index in [0.29, 0.717) is 17.2 Å². The lowest BCUT2D eigenvalue weighted by Crippen LogP contribution is -2.16. The average molecular weight is 345 g/mol. The molecule has 1 aliphatic carbocycles. The van der Waals surface area contributed by atoms with Crippen LogP contribution in [0.25, 0.3) is 0 Å².